The zero-order chi connectivity index (χ0) is 19.2. The van der Waals surface area contributed by atoms with Crippen molar-refractivity contribution in [2.24, 2.45) is 0 Å². The highest BCUT2D eigenvalue weighted by Crippen LogP contribution is 2.39. The molecule has 0 aliphatic heterocycles. The molecule has 8 heteroatoms. The Kier molecular flexibility index (Phi) is 4.15. The molecule has 0 atom stereocenters. The Bertz CT molecular complexity index is 1190. The molecule has 2 aromatic carbocycles. The second kappa shape index (κ2) is 6.39. The van der Waals surface area contributed by atoms with Crippen LogP contribution in [0.5, 0.6) is 0 Å². The molecule has 7 nitrogen and oxygen atoms in total. The molecule has 4 N–H and O–H groups in total. The van der Waals surface area contributed by atoms with Gasteiger partial charge < -0.3 is 24.5 Å². The normalized spacial score (nSPS) is 12.0. The monoisotopic (exact) mass is 383 g/mol. The lowest BCUT2D eigenvalue weighted by Crippen LogP contribution is -2.09. The summed E-state index contributed by atoms with van der Waals surface area (Å²) in [6.07, 6.45) is 1.25. The highest BCUT2D eigenvalue weighted by atomic mass is 31.2. The molecule has 0 aliphatic rings. The van der Waals surface area contributed by atoms with Crippen LogP contribution in [0.1, 0.15) is 11.1 Å². The van der Waals surface area contributed by atoms with Gasteiger partial charge in [0, 0.05) is 6.54 Å². The highest BCUT2D eigenvalue weighted by Gasteiger charge is 2.29. The van der Waals surface area contributed by atoms with E-state index in [1.165, 1.54) is 12.3 Å². The van der Waals surface area contributed by atoms with Crippen LogP contribution < -0.4 is 11.0 Å². The first-order valence-corrected chi connectivity index (χ1v) is 9.90. The number of rotatable bonds is 4. The first-order chi connectivity index (χ1) is 12.8. The van der Waals surface area contributed by atoms with E-state index in [2.05, 4.69) is 4.98 Å². The van der Waals surface area contributed by atoms with Gasteiger partial charge in [0.05, 0.1) is 17.5 Å². The van der Waals surface area contributed by atoms with E-state index in [4.69, 9.17) is 10.2 Å². The number of aromatic nitrogens is 2. The van der Waals surface area contributed by atoms with Crippen LogP contribution in [0.15, 0.2) is 59.2 Å². The SMILES string of the molecule is Cc1cccc(Cn2c(-c3occc3P(=O)(O)O)nc3c(N)cccc32)c1. The number of hydrogen-bond acceptors (Lipinski definition) is 4. The number of imidazole rings is 1. The largest absolute Gasteiger partial charge is 0.460 e. The number of nitrogen functional groups attached to an aromatic ring is 1. The average Bonchev–Trinajstić information content (AvgIpc) is 3.21. The Morgan fingerprint density at radius 1 is 1.19 bits per heavy atom. The van der Waals surface area contributed by atoms with Gasteiger partial charge in [0.15, 0.2) is 11.6 Å². The van der Waals surface area contributed by atoms with Gasteiger partial charge in [0.2, 0.25) is 0 Å². The molecule has 0 bridgehead atoms. The standard InChI is InChI=1S/C19H18N3O4P/c1-12-4-2-5-13(10-12)11-22-15-7-3-6-14(20)17(15)21-19(22)18-16(8-9-26-18)27(23,24)25/h2-10H,11,20H2,1H3,(H2,23,24,25). The Balaban J connectivity index is 1.97. The average molecular weight is 383 g/mol. The lowest BCUT2D eigenvalue weighted by atomic mass is 10.1. The Labute approximate surface area is 155 Å². The minimum Gasteiger partial charge on any atom is -0.460 e. The fourth-order valence-corrected chi connectivity index (χ4v) is 3.87. The molecule has 0 spiro atoms. The van der Waals surface area contributed by atoms with Gasteiger partial charge in [-0.2, -0.15) is 0 Å². The minimum absolute atomic E-state index is 0.0478. The van der Waals surface area contributed by atoms with Crippen LogP contribution in [0.4, 0.5) is 5.69 Å². The molecule has 2 heterocycles. The highest BCUT2D eigenvalue weighted by molar-refractivity contribution is 7.60. The third kappa shape index (κ3) is 3.17. The molecule has 0 amide bonds. The van der Waals surface area contributed by atoms with Crippen molar-refractivity contribution in [3.8, 4) is 11.6 Å². The van der Waals surface area contributed by atoms with E-state index in [-0.39, 0.29) is 11.1 Å². The number of fused-ring (bicyclic) bond motifs is 1. The summed E-state index contributed by atoms with van der Waals surface area (Å²) in [5.41, 5.74) is 10.0. The lowest BCUT2D eigenvalue weighted by Gasteiger charge is -2.10. The van der Waals surface area contributed by atoms with Gasteiger partial charge in [0.25, 0.3) is 0 Å². The van der Waals surface area contributed by atoms with E-state index < -0.39 is 7.60 Å². The number of anilines is 1. The summed E-state index contributed by atoms with van der Waals surface area (Å²) in [7, 11) is -4.52. The van der Waals surface area contributed by atoms with Crippen molar-refractivity contribution in [2.45, 2.75) is 13.5 Å². The molecule has 0 fully saturated rings. The zero-order valence-corrected chi connectivity index (χ0v) is 15.4. The molecule has 4 rings (SSSR count). The number of para-hydroxylation sites is 1. The first-order valence-electron chi connectivity index (χ1n) is 8.29. The molecular weight excluding hydrogens is 365 g/mol. The van der Waals surface area contributed by atoms with Crippen LogP contribution in [-0.2, 0) is 11.1 Å². The van der Waals surface area contributed by atoms with E-state index in [9.17, 15) is 14.4 Å². The van der Waals surface area contributed by atoms with Crippen molar-refractivity contribution in [3.63, 3.8) is 0 Å². The van der Waals surface area contributed by atoms with Gasteiger partial charge in [-0.25, -0.2) is 4.98 Å². The maximum Gasteiger partial charge on any atom is 0.360 e. The van der Waals surface area contributed by atoms with Crippen molar-refractivity contribution in [3.05, 3.63) is 65.9 Å². The molecule has 0 saturated carbocycles. The molecule has 0 aliphatic carbocycles. The van der Waals surface area contributed by atoms with Gasteiger partial charge >= 0.3 is 7.60 Å². The molecular formula is C19H18N3O4P. The quantitative estimate of drug-likeness (QED) is 0.369. The first kappa shape index (κ1) is 17.5. The van der Waals surface area contributed by atoms with E-state index in [1.807, 2.05) is 47.9 Å². The second-order valence-electron chi connectivity index (χ2n) is 6.40. The number of benzene rings is 2. The molecule has 2 aromatic heterocycles. The zero-order valence-electron chi connectivity index (χ0n) is 14.5. The maximum atomic E-state index is 11.9. The van der Waals surface area contributed by atoms with Crippen molar-refractivity contribution < 1.29 is 18.8 Å². The summed E-state index contributed by atoms with van der Waals surface area (Å²) in [5.74, 6) is 0.374. The summed E-state index contributed by atoms with van der Waals surface area (Å²) < 4.78 is 19.1. The Morgan fingerprint density at radius 2 is 1.96 bits per heavy atom. The minimum atomic E-state index is -4.52. The van der Waals surface area contributed by atoms with Crippen LogP contribution in [0.2, 0.25) is 0 Å². The van der Waals surface area contributed by atoms with Crippen LogP contribution >= 0.6 is 7.60 Å². The van der Waals surface area contributed by atoms with E-state index in [1.54, 1.807) is 6.07 Å². The molecule has 4 aromatic rings. The van der Waals surface area contributed by atoms with Crippen LogP contribution in [0.3, 0.4) is 0 Å². The summed E-state index contributed by atoms with van der Waals surface area (Å²) in [6, 6.07) is 14.7. The Morgan fingerprint density at radius 3 is 2.70 bits per heavy atom. The van der Waals surface area contributed by atoms with Crippen molar-refractivity contribution in [1.29, 1.82) is 0 Å². The van der Waals surface area contributed by atoms with Gasteiger partial charge in [-0.3, -0.25) is 4.57 Å². The summed E-state index contributed by atoms with van der Waals surface area (Å²) in [5, 5.41) is -0.193. The number of hydrogen-bond donors (Lipinski definition) is 3. The van der Waals surface area contributed by atoms with Gasteiger partial charge in [0.1, 0.15) is 10.8 Å². The van der Waals surface area contributed by atoms with Crippen LogP contribution in [-0.4, -0.2) is 19.3 Å². The third-order valence-corrected chi connectivity index (χ3v) is 5.37. The Hall–Kier alpha value is -2.86. The number of aryl methyl sites for hydroxylation is 1. The van der Waals surface area contributed by atoms with Gasteiger partial charge in [-0.1, -0.05) is 35.9 Å². The number of furan rings is 1. The van der Waals surface area contributed by atoms with Crippen molar-refractivity contribution >= 4 is 29.6 Å². The van der Waals surface area contributed by atoms with Gasteiger partial charge in [-0.05, 0) is 30.7 Å². The molecule has 138 valence electrons. The topological polar surface area (TPSA) is 115 Å². The molecule has 0 unspecified atom stereocenters. The molecule has 0 saturated heterocycles. The third-order valence-electron chi connectivity index (χ3n) is 4.39. The lowest BCUT2D eigenvalue weighted by molar-refractivity contribution is 0.387. The summed E-state index contributed by atoms with van der Waals surface area (Å²) in [6.45, 7) is 2.46. The smallest absolute Gasteiger partial charge is 0.360 e. The van der Waals surface area contributed by atoms with E-state index in [0.29, 0.717) is 23.6 Å². The fourth-order valence-electron chi connectivity index (χ4n) is 3.19. The van der Waals surface area contributed by atoms with Crippen molar-refractivity contribution in [2.75, 3.05) is 5.73 Å². The maximum absolute atomic E-state index is 11.9. The van der Waals surface area contributed by atoms with Crippen molar-refractivity contribution in [1.82, 2.24) is 9.55 Å². The predicted molar refractivity (Wildman–Crippen MR) is 104 cm³/mol. The summed E-state index contributed by atoms with van der Waals surface area (Å²) in [4.78, 5) is 23.9. The van der Waals surface area contributed by atoms with E-state index in [0.717, 1.165) is 16.6 Å². The number of nitrogens with zero attached hydrogens (tertiary/aromatic N) is 2. The van der Waals surface area contributed by atoms with Crippen LogP contribution in [0.25, 0.3) is 22.6 Å². The van der Waals surface area contributed by atoms with Crippen LogP contribution in [0, 0.1) is 6.92 Å². The summed E-state index contributed by atoms with van der Waals surface area (Å²) >= 11 is 0. The second-order valence-corrected chi connectivity index (χ2v) is 7.97. The number of nitrogens with two attached hydrogens (primary N) is 1. The van der Waals surface area contributed by atoms with E-state index >= 15 is 0 Å². The molecule has 27 heavy (non-hydrogen) atoms. The fraction of sp³-hybridized carbons (Fsp3) is 0.105. The predicted octanol–water partition coefficient (Wildman–Crippen LogP) is 3.04. The molecule has 0 radical (unpaired) electrons. The van der Waals surface area contributed by atoms with Gasteiger partial charge in [-0.15, -0.1) is 0 Å².